The minimum Gasteiger partial charge on any atom is -0.497 e. The van der Waals surface area contributed by atoms with Crippen LogP contribution in [0.1, 0.15) is 25.5 Å². The molecule has 1 atom stereocenters. The fourth-order valence-electron chi connectivity index (χ4n) is 2.49. The van der Waals surface area contributed by atoms with Crippen LogP contribution in [0.15, 0.2) is 34.5 Å². The number of carbonyl (C=O) groups is 1. The fourth-order valence-corrected chi connectivity index (χ4v) is 2.96. The van der Waals surface area contributed by atoms with Gasteiger partial charge in [0.25, 0.3) is 0 Å². The first-order chi connectivity index (χ1) is 11.5. The van der Waals surface area contributed by atoms with E-state index in [4.69, 9.17) is 14.2 Å². The predicted molar refractivity (Wildman–Crippen MR) is 111 cm³/mol. The van der Waals surface area contributed by atoms with Crippen LogP contribution in [-0.4, -0.2) is 38.2 Å². The molecule has 138 valence electrons. The van der Waals surface area contributed by atoms with Gasteiger partial charge in [0.15, 0.2) is 5.17 Å². The Balaban J connectivity index is 0.00000312. The van der Waals surface area contributed by atoms with Gasteiger partial charge in [0, 0.05) is 17.3 Å². The van der Waals surface area contributed by atoms with Crippen LogP contribution in [0.5, 0.6) is 11.5 Å². The summed E-state index contributed by atoms with van der Waals surface area (Å²) in [6.07, 6.45) is 1.93. The Hall–Kier alpha value is -1.42. The van der Waals surface area contributed by atoms with Crippen molar-refractivity contribution >= 4 is 46.9 Å². The molecule has 1 aromatic carbocycles. The number of nitrogens with one attached hydrogen (secondary N) is 1. The number of aliphatic imine (C=N–C) groups is 1. The van der Waals surface area contributed by atoms with E-state index in [9.17, 15) is 4.79 Å². The van der Waals surface area contributed by atoms with Crippen molar-refractivity contribution in [3.8, 4) is 11.5 Å². The van der Waals surface area contributed by atoms with Crippen LogP contribution in [0.25, 0.3) is 0 Å². The maximum absolute atomic E-state index is 12.4. The highest BCUT2D eigenvalue weighted by atomic mass is 127. The summed E-state index contributed by atoms with van der Waals surface area (Å²) in [6, 6.07) is 4.98. The average molecular weight is 478 g/mol. The van der Waals surface area contributed by atoms with Gasteiger partial charge in [-0.15, -0.1) is 24.0 Å². The average Bonchev–Trinajstić information content (AvgIpc) is 2.60. The molecule has 6 nitrogen and oxygen atoms in total. The van der Waals surface area contributed by atoms with Gasteiger partial charge in [-0.3, -0.25) is 0 Å². The number of rotatable bonds is 5. The number of hydrogen-bond acceptors (Lipinski definition) is 7. The van der Waals surface area contributed by atoms with Crippen LogP contribution >= 0.6 is 35.7 Å². The van der Waals surface area contributed by atoms with Gasteiger partial charge in [-0.2, -0.15) is 0 Å². The molecule has 8 heteroatoms. The minimum absolute atomic E-state index is 0. The van der Waals surface area contributed by atoms with Gasteiger partial charge in [-0.25, -0.2) is 9.79 Å². The first kappa shape index (κ1) is 21.6. The van der Waals surface area contributed by atoms with Gasteiger partial charge in [0.1, 0.15) is 17.5 Å². The normalized spacial score (nSPS) is 16.4. The van der Waals surface area contributed by atoms with Crippen LogP contribution in [0, 0.1) is 0 Å². The van der Waals surface area contributed by atoms with Crippen LogP contribution in [-0.2, 0) is 9.53 Å². The highest BCUT2D eigenvalue weighted by Gasteiger charge is 2.32. The minimum atomic E-state index is -0.492. The van der Waals surface area contributed by atoms with E-state index in [1.165, 1.54) is 11.8 Å². The lowest BCUT2D eigenvalue weighted by Gasteiger charge is -2.26. The Kier molecular flexibility index (Phi) is 8.57. The molecule has 0 spiro atoms. The van der Waals surface area contributed by atoms with E-state index in [1.807, 2.05) is 25.3 Å². The maximum Gasteiger partial charge on any atom is 0.338 e. The highest BCUT2D eigenvalue weighted by Crippen LogP contribution is 2.38. The van der Waals surface area contributed by atoms with E-state index in [-0.39, 0.29) is 29.9 Å². The number of halogens is 1. The van der Waals surface area contributed by atoms with Crippen molar-refractivity contribution in [1.29, 1.82) is 0 Å². The number of thioether (sulfide) groups is 1. The molecule has 25 heavy (non-hydrogen) atoms. The summed E-state index contributed by atoms with van der Waals surface area (Å²) in [5, 5.41) is 3.88. The molecule has 1 unspecified atom stereocenters. The summed E-state index contributed by atoms with van der Waals surface area (Å²) in [5.41, 5.74) is 2.00. The lowest BCUT2D eigenvalue weighted by molar-refractivity contribution is -0.138. The SMILES string of the molecule is CCOC(=O)C1=C(C)NC(SC)=NC1c1ccc(OC)cc1OC.I. The smallest absolute Gasteiger partial charge is 0.338 e. The van der Waals surface area contributed by atoms with Gasteiger partial charge >= 0.3 is 5.97 Å². The molecule has 0 saturated heterocycles. The molecule has 0 aromatic heterocycles. The van der Waals surface area contributed by atoms with Gasteiger partial charge in [-0.1, -0.05) is 11.8 Å². The summed E-state index contributed by atoms with van der Waals surface area (Å²) < 4.78 is 15.9. The summed E-state index contributed by atoms with van der Waals surface area (Å²) in [5.74, 6) is 0.909. The Labute approximate surface area is 169 Å². The molecular formula is C17H23IN2O4S. The zero-order valence-electron chi connectivity index (χ0n) is 14.9. The van der Waals surface area contributed by atoms with Crippen molar-refractivity contribution in [3.63, 3.8) is 0 Å². The fraction of sp³-hybridized carbons (Fsp3) is 0.412. The highest BCUT2D eigenvalue weighted by molar-refractivity contribution is 14.0. The Bertz CT molecular complexity index is 691. The number of ether oxygens (including phenoxy) is 3. The lowest BCUT2D eigenvalue weighted by Crippen LogP contribution is -2.30. The third-order valence-electron chi connectivity index (χ3n) is 3.64. The van der Waals surface area contributed by atoms with E-state index in [2.05, 4.69) is 10.3 Å². The summed E-state index contributed by atoms with van der Waals surface area (Å²) >= 11 is 1.48. The van der Waals surface area contributed by atoms with E-state index in [0.29, 0.717) is 23.7 Å². The number of esters is 1. The van der Waals surface area contributed by atoms with Crippen molar-refractivity contribution in [2.24, 2.45) is 4.99 Å². The van der Waals surface area contributed by atoms with Crippen molar-refractivity contribution < 1.29 is 19.0 Å². The first-order valence-corrected chi connectivity index (χ1v) is 8.76. The number of amidine groups is 1. The molecule has 1 heterocycles. The molecule has 1 aliphatic rings. The van der Waals surface area contributed by atoms with E-state index < -0.39 is 6.04 Å². The Morgan fingerprint density at radius 3 is 2.60 bits per heavy atom. The molecule has 1 aliphatic heterocycles. The topological polar surface area (TPSA) is 69.2 Å². The van der Waals surface area contributed by atoms with E-state index in [0.717, 1.165) is 16.4 Å². The number of benzene rings is 1. The van der Waals surface area contributed by atoms with Gasteiger partial charge in [0.2, 0.25) is 0 Å². The van der Waals surface area contributed by atoms with Crippen molar-refractivity contribution in [3.05, 3.63) is 35.0 Å². The van der Waals surface area contributed by atoms with Gasteiger partial charge < -0.3 is 19.5 Å². The third-order valence-corrected chi connectivity index (χ3v) is 4.24. The second-order valence-corrected chi connectivity index (χ2v) is 5.83. The first-order valence-electron chi connectivity index (χ1n) is 7.54. The summed E-state index contributed by atoms with van der Waals surface area (Å²) in [4.78, 5) is 17.1. The molecule has 0 saturated carbocycles. The van der Waals surface area contributed by atoms with Crippen LogP contribution in [0.3, 0.4) is 0 Å². The number of allylic oxidation sites excluding steroid dienone is 1. The summed E-state index contributed by atoms with van der Waals surface area (Å²) in [7, 11) is 3.18. The largest absolute Gasteiger partial charge is 0.497 e. The number of hydrogen-bond donors (Lipinski definition) is 1. The van der Waals surface area contributed by atoms with Crippen molar-refractivity contribution in [2.45, 2.75) is 19.9 Å². The quantitative estimate of drug-likeness (QED) is 0.516. The third kappa shape index (κ3) is 4.81. The maximum atomic E-state index is 12.4. The Morgan fingerprint density at radius 2 is 2.04 bits per heavy atom. The zero-order chi connectivity index (χ0) is 17.7. The molecule has 0 amide bonds. The predicted octanol–water partition coefficient (Wildman–Crippen LogP) is 3.52. The van der Waals surface area contributed by atoms with Crippen molar-refractivity contribution in [1.82, 2.24) is 5.32 Å². The summed E-state index contributed by atoms with van der Waals surface area (Å²) in [6.45, 7) is 3.94. The van der Waals surface area contributed by atoms with Crippen LogP contribution in [0.4, 0.5) is 0 Å². The molecule has 0 bridgehead atoms. The van der Waals surface area contributed by atoms with Crippen LogP contribution in [0.2, 0.25) is 0 Å². The van der Waals surface area contributed by atoms with E-state index >= 15 is 0 Å². The molecule has 1 N–H and O–H groups in total. The second-order valence-electron chi connectivity index (χ2n) is 5.03. The standard InChI is InChI=1S/C17H22N2O4S.HI/c1-6-23-16(20)14-10(2)18-17(24-5)19-15(14)12-8-7-11(21-3)9-13(12)22-4;/h7-9,15H,6H2,1-5H3,(H,18,19);1H. The zero-order valence-corrected chi connectivity index (χ0v) is 18.1. The Morgan fingerprint density at radius 1 is 1.32 bits per heavy atom. The monoisotopic (exact) mass is 478 g/mol. The molecule has 0 radical (unpaired) electrons. The molecule has 1 aromatic rings. The van der Waals surface area contributed by atoms with Crippen molar-refractivity contribution in [2.75, 3.05) is 27.1 Å². The molecule has 0 aliphatic carbocycles. The number of carbonyl (C=O) groups excluding carboxylic acids is 1. The second kappa shape index (κ2) is 9.91. The number of nitrogens with zero attached hydrogens (tertiary/aromatic N) is 1. The lowest BCUT2D eigenvalue weighted by atomic mass is 9.95. The van der Waals surface area contributed by atoms with Gasteiger partial charge in [0.05, 0.1) is 26.4 Å². The molecular weight excluding hydrogens is 455 g/mol. The molecule has 0 fully saturated rings. The van der Waals surface area contributed by atoms with E-state index in [1.54, 1.807) is 27.2 Å². The number of methoxy groups -OCH3 is 2. The van der Waals surface area contributed by atoms with Crippen LogP contribution < -0.4 is 14.8 Å². The van der Waals surface area contributed by atoms with Gasteiger partial charge in [-0.05, 0) is 32.2 Å². The molecule has 2 rings (SSSR count).